The molecule has 746 valence electrons. The number of piperidine rings is 3. The largest absolute Gasteiger partial charge is 0.464 e. The van der Waals surface area contributed by atoms with Gasteiger partial charge in [0.05, 0.1) is 24.7 Å². The number of carbonyl (C=O) groups excluding carboxylic acids is 18. The highest BCUT2D eigenvalue weighted by Gasteiger charge is 2.73. The number of fused-ring (bicyclic) bond motifs is 3. The molecule has 0 radical (unpaired) electrons. The lowest BCUT2D eigenvalue weighted by Crippen LogP contribution is -2.63. The number of urea groups is 3. The third-order valence-corrected chi connectivity index (χ3v) is 29.4. The monoisotopic (exact) mass is 1870 g/mol. The van der Waals surface area contributed by atoms with Gasteiger partial charge in [0.15, 0.2) is 0 Å². The van der Waals surface area contributed by atoms with Gasteiger partial charge in [-0.3, -0.25) is 57.5 Å². The van der Waals surface area contributed by atoms with Gasteiger partial charge in [-0.25, -0.2) is 28.8 Å². The minimum absolute atomic E-state index is 0.0628. The van der Waals surface area contributed by atoms with E-state index in [1.54, 1.807) is 81.1 Å². The van der Waals surface area contributed by atoms with Crippen LogP contribution in [-0.2, 0) is 86.1 Å². The predicted molar refractivity (Wildman–Crippen MR) is 492 cm³/mol. The summed E-state index contributed by atoms with van der Waals surface area (Å²) in [6.07, 6.45) is 11.7. The van der Waals surface area contributed by atoms with Gasteiger partial charge in [0.1, 0.15) is 65.6 Å². The second kappa shape index (κ2) is 39.6. The van der Waals surface area contributed by atoms with E-state index in [4.69, 9.17) is 31.4 Å². The van der Waals surface area contributed by atoms with E-state index in [0.717, 1.165) is 64.2 Å². The standard InChI is InChI=1S/C34H55N5O7.C32H51N5O7.C31H51N5O7/c1-31(2,3)25(29(44)46-32(4,5)6)38-30(45)37-24(34(9)14-10-11-15-34)28(43)39-17-19-21(33(19,7)8)22(39)27(42)36-20(16-18-12-13-18)23(40)26(35)41;1-30(2,3)23(35-29(43)36-24(31(4,5)6)28(42)44-15-17-11-12-17)27(41)37-14-18-20(32(18,7)8)21(37)26(40)34-19(13-16-9-10-16)22(38)25(33)39;1-15(2)20(27(41)43-30(6,7)8)34-28(42)35-23(29(3,4)5)26(40)36-14-17-19(31(17,9)10)21(36)25(39)33-18(13-16-11-12-16)22(37)24(32)38/h18-22,24-25H,10-17H2,1-9H3,(H2,35,41)(H,36,42)(H2,37,38,45);16-21,23-24H,9-15H2,1-8H3,(H2,33,39)(H,34,40)(H2,35,36,43);15-21,23H,11-14H2,1-10H3,(H2,32,38)(H,33,39)(H2,34,35,42)/t19-,20?,21-,22-,24+,25+;18-,19?,20-,21-,23+,24+;17-,18?,19-,20-,21-,23+/m000/s1. The number of hydrogen-bond acceptors (Lipinski definition) is 21. The first-order chi connectivity index (χ1) is 60.8. The van der Waals surface area contributed by atoms with Crippen molar-refractivity contribution in [2.24, 2.45) is 126 Å². The Bertz CT molecular complexity index is 4480. The Labute approximate surface area is 784 Å². The van der Waals surface area contributed by atoms with Crippen LogP contribution in [0.5, 0.6) is 0 Å². The number of nitrogens with zero attached hydrogens (tertiary/aromatic N) is 3. The third-order valence-electron chi connectivity index (χ3n) is 29.4. The topological polar surface area (TPSA) is 531 Å². The molecule has 15 N–H and O–H groups in total. The van der Waals surface area contributed by atoms with Crippen molar-refractivity contribution in [2.75, 3.05) is 26.2 Å². The number of primary amides is 3. The average molecular weight is 1870 g/mol. The molecule has 36 heteroatoms. The first-order valence-corrected chi connectivity index (χ1v) is 48.0. The van der Waals surface area contributed by atoms with Gasteiger partial charge < -0.3 is 94.0 Å². The van der Waals surface area contributed by atoms with Crippen LogP contribution in [0, 0.1) is 108 Å². The van der Waals surface area contributed by atoms with Crippen LogP contribution in [0.1, 0.15) is 283 Å². The predicted octanol–water partition coefficient (Wildman–Crippen LogP) is 6.59. The molecule has 11 rings (SSSR count). The molecule has 18 atom stereocenters. The summed E-state index contributed by atoms with van der Waals surface area (Å²) in [6, 6.07) is -13.7. The van der Waals surface area contributed by atoms with Gasteiger partial charge in [-0.05, 0) is 195 Å². The van der Waals surface area contributed by atoms with Crippen molar-refractivity contribution in [2.45, 2.75) is 367 Å². The Kier molecular flexibility index (Phi) is 31.9. The molecule has 133 heavy (non-hydrogen) atoms. The van der Waals surface area contributed by atoms with Gasteiger partial charge in [-0.2, -0.15) is 0 Å². The Morgan fingerprint density at radius 3 is 0.917 bits per heavy atom. The van der Waals surface area contributed by atoms with Crippen molar-refractivity contribution in [3.63, 3.8) is 0 Å². The molecule has 3 unspecified atom stereocenters. The number of nitrogens with two attached hydrogens (primary N) is 3. The van der Waals surface area contributed by atoms with Crippen LogP contribution < -0.4 is 65.1 Å². The molecule has 0 spiro atoms. The maximum absolute atomic E-state index is 14.6. The molecule has 0 aromatic rings. The minimum Gasteiger partial charge on any atom is -0.464 e. The number of ether oxygens (including phenoxy) is 3. The first-order valence-electron chi connectivity index (χ1n) is 48.0. The molecular weight excluding hydrogens is 1710 g/mol. The van der Waals surface area contributed by atoms with Crippen molar-refractivity contribution in [3.05, 3.63) is 0 Å². The van der Waals surface area contributed by atoms with Gasteiger partial charge in [0, 0.05) is 19.6 Å². The van der Waals surface area contributed by atoms with Gasteiger partial charge in [0.25, 0.3) is 17.7 Å². The fourth-order valence-electron chi connectivity index (χ4n) is 20.3. The number of hydrogen-bond donors (Lipinski definition) is 12. The Hall–Kier alpha value is -9.54. The Balaban J connectivity index is 0.000000224. The highest BCUT2D eigenvalue weighted by molar-refractivity contribution is 6.39. The van der Waals surface area contributed by atoms with Gasteiger partial charge in [0.2, 0.25) is 52.8 Å². The molecule has 3 heterocycles. The maximum Gasteiger partial charge on any atom is 0.329 e. The van der Waals surface area contributed by atoms with Crippen LogP contribution >= 0.6 is 0 Å². The summed E-state index contributed by atoms with van der Waals surface area (Å²) in [5, 5.41) is 24.9. The van der Waals surface area contributed by atoms with E-state index in [2.05, 4.69) is 61.7 Å². The molecule has 0 aromatic carbocycles. The molecule has 0 bridgehead atoms. The number of amides is 15. The summed E-state index contributed by atoms with van der Waals surface area (Å²) in [5.41, 5.74) is 10.4. The second-order valence-corrected chi connectivity index (χ2v) is 48.8. The summed E-state index contributed by atoms with van der Waals surface area (Å²) in [6.45, 7) is 51.4. The zero-order valence-corrected chi connectivity index (χ0v) is 83.9. The normalized spacial score (nSPS) is 25.8. The number of likely N-dealkylation sites (tertiary alicyclic amines) is 3. The number of carbonyl (C=O) groups is 18. The average Bonchev–Trinajstić information content (AvgIpc) is 1.53. The fraction of sp³-hybridized carbons (Fsp3) is 0.814. The summed E-state index contributed by atoms with van der Waals surface area (Å²) in [5.74, 6) is -9.65. The lowest BCUT2D eigenvalue weighted by Gasteiger charge is -2.40. The lowest BCUT2D eigenvalue weighted by atomic mass is 9.79. The van der Waals surface area contributed by atoms with E-state index < -0.39 is 211 Å². The van der Waals surface area contributed by atoms with Crippen LogP contribution in [0.2, 0.25) is 0 Å². The maximum atomic E-state index is 14.6. The van der Waals surface area contributed by atoms with E-state index in [1.165, 1.54) is 9.80 Å². The van der Waals surface area contributed by atoms with Crippen molar-refractivity contribution in [3.8, 4) is 0 Å². The second-order valence-electron chi connectivity index (χ2n) is 48.8. The van der Waals surface area contributed by atoms with E-state index in [9.17, 15) is 86.3 Å². The van der Waals surface area contributed by atoms with Crippen molar-refractivity contribution >= 4 is 107 Å². The van der Waals surface area contributed by atoms with E-state index >= 15 is 0 Å². The zero-order chi connectivity index (χ0) is 100. The number of rotatable bonds is 34. The molecular formula is C97H157N15O21. The van der Waals surface area contributed by atoms with Crippen molar-refractivity contribution < 1.29 is 101 Å². The van der Waals surface area contributed by atoms with E-state index in [-0.39, 0.29) is 81.3 Å². The molecule has 3 aliphatic heterocycles. The van der Waals surface area contributed by atoms with Crippen molar-refractivity contribution in [1.29, 1.82) is 0 Å². The van der Waals surface area contributed by atoms with Gasteiger partial charge >= 0.3 is 36.0 Å². The van der Waals surface area contributed by atoms with E-state index in [0.29, 0.717) is 64.3 Å². The number of esters is 3. The SMILES string of the molecule is CC(C)(C)OC(=O)[C@@H](NC(=O)N[C@H](C(=O)N1C[C@H]2[C@@H]([C@H]1C(=O)NC(CC1CC1)C(=O)C(N)=O)C2(C)C)C1(C)CCCC1)C(C)(C)C.CC(C)(C)[C@H](NC(=O)N[C@H](C(=O)N1C[C@H]2[C@@H]([C@H]1C(=O)NC(CC1CC1)C(=O)C(N)=O)C2(C)C)C(C)(C)C)C(=O)OCC1CC1.CC(C)[C@H](NC(=O)N[C@H](C(=O)N1C[C@H]2[C@@H]([C@H]1C(=O)NC(CC1CC1)C(=O)C(N)=O)C2(C)C)C(C)(C)C)C(=O)OC(C)(C)C. The lowest BCUT2D eigenvalue weighted by molar-refractivity contribution is -0.160. The van der Waals surface area contributed by atoms with Gasteiger partial charge in [-0.15, -0.1) is 0 Å². The number of Topliss-reactive ketones (excluding diaryl/α,β-unsaturated/α-hetero) is 3. The van der Waals surface area contributed by atoms with Crippen LogP contribution in [0.3, 0.4) is 0 Å². The zero-order valence-electron chi connectivity index (χ0n) is 83.9. The third kappa shape index (κ3) is 26.6. The molecule has 36 nitrogen and oxygen atoms in total. The highest BCUT2D eigenvalue weighted by atomic mass is 16.6. The summed E-state index contributed by atoms with van der Waals surface area (Å²) in [4.78, 5) is 241. The molecule has 8 saturated carbocycles. The van der Waals surface area contributed by atoms with Crippen LogP contribution in [0.25, 0.3) is 0 Å². The highest BCUT2D eigenvalue weighted by Crippen LogP contribution is 2.67. The number of ketones is 3. The summed E-state index contributed by atoms with van der Waals surface area (Å²) >= 11 is 0. The van der Waals surface area contributed by atoms with Crippen LogP contribution in [0.15, 0.2) is 0 Å². The van der Waals surface area contributed by atoms with Gasteiger partial charge in [-0.1, -0.05) is 197 Å². The van der Waals surface area contributed by atoms with Crippen LogP contribution in [0.4, 0.5) is 14.4 Å². The molecule has 8 aliphatic carbocycles. The molecule has 3 saturated heterocycles. The molecule has 11 aliphatic rings. The number of nitrogens with one attached hydrogen (secondary N) is 9. The smallest absolute Gasteiger partial charge is 0.329 e. The minimum atomic E-state index is -1.11. The molecule has 0 aromatic heterocycles. The van der Waals surface area contributed by atoms with Crippen LogP contribution in [-0.4, -0.2) is 231 Å². The molecule has 15 amide bonds. The fourth-order valence-corrected chi connectivity index (χ4v) is 20.3. The Morgan fingerprint density at radius 1 is 0.353 bits per heavy atom. The summed E-state index contributed by atoms with van der Waals surface area (Å²) < 4.78 is 16.5. The first kappa shape index (κ1) is 107. The summed E-state index contributed by atoms with van der Waals surface area (Å²) in [7, 11) is 0. The quantitative estimate of drug-likeness (QED) is 0.0183. The van der Waals surface area contributed by atoms with E-state index in [1.807, 2.05) is 96.9 Å². The molecule has 11 fully saturated rings. The Morgan fingerprint density at radius 2 is 0.632 bits per heavy atom. The van der Waals surface area contributed by atoms with Crippen molar-refractivity contribution in [1.82, 2.24) is 62.6 Å².